The molecule has 0 unspecified atom stereocenters. The van der Waals surface area contributed by atoms with E-state index in [0.29, 0.717) is 18.9 Å². The van der Waals surface area contributed by atoms with Crippen LogP contribution in [-0.4, -0.2) is 52.9 Å². The summed E-state index contributed by atoms with van der Waals surface area (Å²) in [5.74, 6) is 1.51. The van der Waals surface area contributed by atoms with E-state index in [1.54, 1.807) is 0 Å². The molecule has 2 aromatic rings. The summed E-state index contributed by atoms with van der Waals surface area (Å²) >= 11 is 0. The summed E-state index contributed by atoms with van der Waals surface area (Å²) in [4.78, 5) is 18.9. The number of benzene rings is 1. The molecule has 1 aliphatic carbocycles. The Kier molecular flexibility index (Phi) is 5.27. The lowest BCUT2D eigenvalue weighted by Crippen LogP contribution is -2.33. The van der Waals surface area contributed by atoms with Crippen molar-refractivity contribution >= 4 is 11.9 Å². The number of aromatic amines is 1. The van der Waals surface area contributed by atoms with Gasteiger partial charge < -0.3 is 15.3 Å². The molecule has 0 spiro atoms. The minimum absolute atomic E-state index is 0.0150. The summed E-state index contributed by atoms with van der Waals surface area (Å²) in [6.45, 7) is 4.34. The Morgan fingerprint density at radius 2 is 2.00 bits per heavy atom. The highest BCUT2D eigenvalue weighted by atomic mass is 16.3. The van der Waals surface area contributed by atoms with Gasteiger partial charge in [-0.1, -0.05) is 18.2 Å². The van der Waals surface area contributed by atoms with Crippen molar-refractivity contribution in [2.24, 2.45) is 5.92 Å². The van der Waals surface area contributed by atoms with E-state index in [-0.39, 0.29) is 17.7 Å². The first-order valence-electron chi connectivity index (χ1n) is 8.99. The first-order chi connectivity index (χ1) is 12.4. The number of carbonyl (C=O) groups is 1. The monoisotopic (exact) mass is 357 g/mol. The maximum atomic E-state index is 12.6. The third-order valence-corrected chi connectivity index (χ3v) is 5.17. The van der Waals surface area contributed by atoms with E-state index in [2.05, 4.69) is 20.5 Å². The second-order valence-electron chi connectivity index (χ2n) is 7.39. The minimum Gasteiger partial charge on any atom is -0.393 e. The number of amides is 1. The van der Waals surface area contributed by atoms with Gasteiger partial charge in [0.05, 0.1) is 6.10 Å². The van der Waals surface area contributed by atoms with Gasteiger partial charge in [0.25, 0.3) is 5.91 Å². The van der Waals surface area contributed by atoms with Crippen LogP contribution in [-0.2, 0) is 0 Å². The Balaban J connectivity index is 1.61. The summed E-state index contributed by atoms with van der Waals surface area (Å²) in [6.07, 6.45) is 0.952. The third-order valence-electron chi connectivity index (χ3n) is 5.17. The number of aromatic nitrogens is 3. The number of aryl methyl sites for hydroxylation is 2. The van der Waals surface area contributed by atoms with Gasteiger partial charge in [-0.05, 0) is 37.8 Å². The second kappa shape index (κ2) is 7.45. The van der Waals surface area contributed by atoms with Gasteiger partial charge in [-0.3, -0.25) is 9.89 Å². The second-order valence-corrected chi connectivity index (χ2v) is 7.39. The minimum atomic E-state index is -0.453. The van der Waals surface area contributed by atoms with Crippen LogP contribution < -0.4 is 10.2 Å². The fraction of sp³-hybridized carbons (Fsp3) is 0.526. The van der Waals surface area contributed by atoms with Crippen molar-refractivity contribution in [2.75, 3.05) is 25.5 Å². The quantitative estimate of drug-likeness (QED) is 0.758. The van der Waals surface area contributed by atoms with Gasteiger partial charge in [0, 0.05) is 38.0 Å². The Labute approximate surface area is 153 Å². The molecule has 3 atom stereocenters. The molecule has 140 valence electrons. The van der Waals surface area contributed by atoms with E-state index < -0.39 is 6.10 Å². The van der Waals surface area contributed by atoms with Crippen LogP contribution >= 0.6 is 0 Å². The van der Waals surface area contributed by atoms with Crippen molar-refractivity contribution in [3.63, 3.8) is 0 Å². The molecule has 0 radical (unpaired) electrons. The third kappa shape index (κ3) is 3.72. The standard InChI is InChI=1S/C19H27N5O2/c1-11-6-5-7-12(2)16(11)18(26)20-10-14-8-13(9-15(14)25)17-21-19(23-22-17)24(3)4/h5-7,13-15,25H,8-10H2,1-4H3,(H,20,26)(H,21,22,23)/t13-,14+,15+/m0/s1. The molecule has 1 fully saturated rings. The highest BCUT2D eigenvalue weighted by molar-refractivity contribution is 5.97. The number of hydrogen-bond donors (Lipinski definition) is 3. The van der Waals surface area contributed by atoms with Gasteiger partial charge in [-0.2, -0.15) is 4.98 Å². The molecule has 0 saturated heterocycles. The normalized spacial score (nSPS) is 22.4. The van der Waals surface area contributed by atoms with E-state index in [1.165, 1.54) is 0 Å². The van der Waals surface area contributed by atoms with Gasteiger partial charge in [-0.25, -0.2) is 0 Å². The van der Waals surface area contributed by atoms with E-state index in [4.69, 9.17) is 0 Å². The van der Waals surface area contributed by atoms with Crippen molar-refractivity contribution in [3.05, 3.63) is 40.7 Å². The molecule has 1 heterocycles. The number of carbonyl (C=O) groups excluding carboxylic acids is 1. The van der Waals surface area contributed by atoms with Crippen molar-refractivity contribution in [1.82, 2.24) is 20.5 Å². The first kappa shape index (κ1) is 18.4. The molecule has 1 aliphatic rings. The topological polar surface area (TPSA) is 94.1 Å². The van der Waals surface area contributed by atoms with Crippen molar-refractivity contribution in [2.45, 2.75) is 38.7 Å². The molecule has 3 N–H and O–H groups in total. The van der Waals surface area contributed by atoms with Crippen LogP contribution in [0.25, 0.3) is 0 Å². The molecular formula is C19H27N5O2. The van der Waals surface area contributed by atoms with E-state index in [0.717, 1.165) is 28.9 Å². The molecule has 7 heteroatoms. The zero-order valence-electron chi connectivity index (χ0n) is 15.8. The van der Waals surface area contributed by atoms with Crippen molar-refractivity contribution in [1.29, 1.82) is 0 Å². The molecule has 0 aliphatic heterocycles. The summed E-state index contributed by atoms with van der Waals surface area (Å²) in [7, 11) is 3.78. The molecule has 1 saturated carbocycles. The molecule has 7 nitrogen and oxygen atoms in total. The van der Waals surface area contributed by atoms with Crippen molar-refractivity contribution in [3.8, 4) is 0 Å². The fourth-order valence-corrected chi connectivity index (χ4v) is 3.68. The number of anilines is 1. The molecule has 1 amide bonds. The molecule has 1 aromatic carbocycles. The van der Waals surface area contributed by atoms with Gasteiger partial charge >= 0.3 is 0 Å². The van der Waals surface area contributed by atoms with E-state index >= 15 is 0 Å². The molecule has 0 bridgehead atoms. The number of aliphatic hydroxyl groups excluding tert-OH is 1. The van der Waals surface area contributed by atoms with Crippen molar-refractivity contribution < 1.29 is 9.90 Å². The molecule has 26 heavy (non-hydrogen) atoms. The fourth-order valence-electron chi connectivity index (χ4n) is 3.68. The van der Waals surface area contributed by atoms with Crippen LogP contribution in [0.4, 0.5) is 5.95 Å². The number of rotatable bonds is 5. The number of nitrogens with one attached hydrogen (secondary N) is 2. The Bertz CT molecular complexity index is 766. The smallest absolute Gasteiger partial charge is 0.251 e. The zero-order valence-corrected chi connectivity index (χ0v) is 15.8. The lowest BCUT2D eigenvalue weighted by atomic mass is 10.0. The maximum absolute atomic E-state index is 12.6. The van der Waals surface area contributed by atoms with Crippen LogP contribution in [0.5, 0.6) is 0 Å². The summed E-state index contributed by atoms with van der Waals surface area (Å²) < 4.78 is 0. The predicted octanol–water partition coefficient (Wildman–Crippen LogP) is 1.77. The van der Waals surface area contributed by atoms with Crippen LogP contribution in [0.1, 0.15) is 46.1 Å². The Morgan fingerprint density at radius 3 is 2.62 bits per heavy atom. The SMILES string of the molecule is Cc1cccc(C)c1C(=O)NC[C@H]1C[C@H](c2nc(N(C)C)n[nH]2)C[C@H]1O. The van der Waals surface area contributed by atoms with Gasteiger partial charge in [0.15, 0.2) is 0 Å². The lowest BCUT2D eigenvalue weighted by molar-refractivity contribution is 0.0915. The zero-order chi connectivity index (χ0) is 18.8. The van der Waals surface area contributed by atoms with E-state index in [1.807, 2.05) is 51.0 Å². The lowest BCUT2D eigenvalue weighted by Gasteiger charge is -2.16. The van der Waals surface area contributed by atoms with E-state index in [9.17, 15) is 9.90 Å². The van der Waals surface area contributed by atoms with Crippen LogP contribution in [0.3, 0.4) is 0 Å². The number of aliphatic hydroxyl groups is 1. The summed E-state index contributed by atoms with van der Waals surface area (Å²) in [6, 6.07) is 5.83. The molecule has 3 rings (SSSR count). The van der Waals surface area contributed by atoms with Gasteiger partial charge in [-0.15, -0.1) is 5.10 Å². The van der Waals surface area contributed by atoms with Crippen LogP contribution in [0.15, 0.2) is 18.2 Å². The summed E-state index contributed by atoms with van der Waals surface area (Å²) in [5.41, 5.74) is 2.65. The number of hydrogen-bond acceptors (Lipinski definition) is 5. The Morgan fingerprint density at radius 1 is 1.31 bits per heavy atom. The van der Waals surface area contributed by atoms with Gasteiger partial charge in [0.1, 0.15) is 5.82 Å². The Hall–Kier alpha value is -2.41. The molecule has 1 aromatic heterocycles. The maximum Gasteiger partial charge on any atom is 0.251 e. The number of H-pyrrole nitrogens is 1. The summed E-state index contributed by atoms with van der Waals surface area (Å²) in [5, 5.41) is 20.6. The highest BCUT2D eigenvalue weighted by Crippen LogP contribution is 2.37. The highest BCUT2D eigenvalue weighted by Gasteiger charge is 2.35. The number of nitrogens with zero attached hydrogens (tertiary/aromatic N) is 3. The largest absolute Gasteiger partial charge is 0.393 e. The average Bonchev–Trinajstić information content (AvgIpc) is 3.19. The van der Waals surface area contributed by atoms with Gasteiger partial charge in [0.2, 0.25) is 5.95 Å². The molecular weight excluding hydrogens is 330 g/mol. The average molecular weight is 357 g/mol. The van der Waals surface area contributed by atoms with Crippen LogP contribution in [0, 0.1) is 19.8 Å². The van der Waals surface area contributed by atoms with Crippen LogP contribution in [0.2, 0.25) is 0 Å². The first-order valence-corrected chi connectivity index (χ1v) is 8.99. The predicted molar refractivity (Wildman–Crippen MR) is 100 cm³/mol.